The molecule has 0 bridgehead atoms. The zero-order valence-corrected chi connectivity index (χ0v) is 15.4. The maximum absolute atomic E-state index is 14.2. The number of anilines is 1. The number of nitrogens with one attached hydrogen (secondary N) is 1. The van der Waals surface area contributed by atoms with Crippen LogP contribution in [0, 0.1) is 6.92 Å². The molecule has 1 N–H and O–H groups in total. The third-order valence-electron chi connectivity index (χ3n) is 4.41. The van der Waals surface area contributed by atoms with Crippen LogP contribution in [0.25, 0.3) is 10.8 Å². The summed E-state index contributed by atoms with van der Waals surface area (Å²) < 4.78 is 33.7. The van der Waals surface area contributed by atoms with Crippen molar-refractivity contribution in [3.05, 3.63) is 22.8 Å². The van der Waals surface area contributed by atoms with Crippen LogP contribution in [0.4, 0.5) is 14.6 Å². The summed E-state index contributed by atoms with van der Waals surface area (Å²) in [7, 11) is 1.59. The van der Waals surface area contributed by atoms with Gasteiger partial charge in [0, 0.05) is 30.7 Å². The second kappa shape index (κ2) is 7.29. The molecule has 25 heavy (non-hydrogen) atoms. The monoisotopic (exact) mass is 368 g/mol. The number of rotatable bonds is 5. The van der Waals surface area contributed by atoms with Crippen LogP contribution in [-0.4, -0.2) is 34.0 Å². The molecule has 0 aliphatic heterocycles. The molecule has 1 aliphatic carbocycles. The minimum Gasteiger partial charge on any atom is -0.375 e. The lowest BCUT2D eigenvalue weighted by Gasteiger charge is -2.32. The SMILES string of the molecule is COC(C)c1cc(NC2CCCCC2(F)F)nc(-c2nc(C)cs2)n1. The molecule has 1 fully saturated rings. The molecule has 3 rings (SSSR count). The first-order valence-electron chi connectivity index (χ1n) is 8.37. The Morgan fingerprint density at radius 3 is 2.76 bits per heavy atom. The molecule has 2 aromatic rings. The standard InChI is InChI=1S/C17H22F2N4OS/c1-10-9-25-16(20-10)15-21-12(11(2)24-3)8-14(23-15)22-13-6-4-5-7-17(13,18)19/h8-9,11,13H,4-7H2,1-3H3,(H,21,22,23). The van der Waals surface area contributed by atoms with Crippen molar-refractivity contribution in [2.24, 2.45) is 0 Å². The molecule has 0 aromatic carbocycles. The van der Waals surface area contributed by atoms with Crippen molar-refractivity contribution in [2.45, 2.75) is 57.6 Å². The van der Waals surface area contributed by atoms with E-state index in [1.165, 1.54) is 11.3 Å². The van der Waals surface area contributed by atoms with E-state index in [-0.39, 0.29) is 12.5 Å². The Bertz CT molecular complexity index is 737. The first-order chi connectivity index (χ1) is 11.9. The van der Waals surface area contributed by atoms with Gasteiger partial charge in [-0.05, 0) is 26.7 Å². The van der Waals surface area contributed by atoms with Gasteiger partial charge < -0.3 is 10.1 Å². The number of halogens is 2. The molecule has 1 aliphatic rings. The number of hydrogen-bond donors (Lipinski definition) is 1. The number of aromatic nitrogens is 3. The van der Waals surface area contributed by atoms with Crippen LogP contribution in [0.2, 0.25) is 0 Å². The van der Waals surface area contributed by atoms with E-state index in [1.54, 1.807) is 13.2 Å². The van der Waals surface area contributed by atoms with Gasteiger partial charge in [0.05, 0.1) is 17.8 Å². The number of ether oxygens (including phenoxy) is 1. The van der Waals surface area contributed by atoms with Crippen molar-refractivity contribution >= 4 is 17.2 Å². The zero-order valence-electron chi connectivity index (χ0n) is 14.6. The van der Waals surface area contributed by atoms with Crippen molar-refractivity contribution in [3.8, 4) is 10.8 Å². The predicted molar refractivity (Wildman–Crippen MR) is 94.1 cm³/mol. The first kappa shape index (κ1) is 18.1. The fourth-order valence-electron chi connectivity index (χ4n) is 2.87. The molecule has 2 aromatic heterocycles. The maximum Gasteiger partial charge on any atom is 0.267 e. The van der Waals surface area contributed by atoms with Crippen LogP contribution in [-0.2, 0) is 4.74 Å². The Morgan fingerprint density at radius 1 is 1.32 bits per heavy atom. The number of thiazole rings is 1. The van der Waals surface area contributed by atoms with Crippen LogP contribution in [0.5, 0.6) is 0 Å². The van der Waals surface area contributed by atoms with E-state index in [4.69, 9.17) is 4.74 Å². The van der Waals surface area contributed by atoms with E-state index in [2.05, 4.69) is 20.3 Å². The average molecular weight is 368 g/mol. The van der Waals surface area contributed by atoms with Gasteiger partial charge in [0.2, 0.25) is 0 Å². The summed E-state index contributed by atoms with van der Waals surface area (Å²) in [6.45, 7) is 3.75. The van der Waals surface area contributed by atoms with Crippen LogP contribution in [0.1, 0.15) is 50.1 Å². The molecule has 8 heteroatoms. The third-order valence-corrected chi connectivity index (χ3v) is 5.37. The van der Waals surface area contributed by atoms with E-state index in [9.17, 15) is 8.78 Å². The Hall–Kier alpha value is -1.67. The summed E-state index contributed by atoms with van der Waals surface area (Å²) in [4.78, 5) is 13.3. The van der Waals surface area contributed by atoms with E-state index in [0.717, 1.165) is 12.1 Å². The molecule has 5 nitrogen and oxygen atoms in total. The number of methoxy groups -OCH3 is 1. The highest BCUT2D eigenvalue weighted by molar-refractivity contribution is 7.13. The molecule has 2 unspecified atom stereocenters. The van der Waals surface area contributed by atoms with Crippen LogP contribution < -0.4 is 5.32 Å². The van der Waals surface area contributed by atoms with Crippen molar-refractivity contribution in [1.82, 2.24) is 15.0 Å². The van der Waals surface area contributed by atoms with Crippen molar-refractivity contribution in [2.75, 3.05) is 12.4 Å². The van der Waals surface area contributed by atoms with Gasteiger partial charge in [0.1, 0.15) is 5.82 Å². The quantitative estimate of drug-likeness (QED) is 0.835. The van der Waals surface area contributed by atoms with Gasteiger partial charge in [-0.25, -0.2) is 23.7 Å². The number of alkyl halides is 2. The summed E-state index contributed by atoms with van der Waals surface area (Å²) >= 11 is 1.43. The van der Waals surface area contributed by atoms with Crippen molar-refractivity contribution in [3.63, 3.8) is 0 Å². The van der Waals surface area contributed by atoms with E-state index >= 15 is 0 Å². The summed E-state index contributed by atoms with van der Waals surface area (Å²) in [6.07, 6.45) is 1.42. The summed E-state index contributed by atoms with van der Waals surface area (Å²) in [5.74, 6) is -1.90. The molecular weight excluding hydrogens is 346 g/mol. The molecule has 0 radical (unpaired) electrons. The summed E-state index contributed by atoms with van der Waals surface area (Å²) in [5, 5.41) is 5.51. The minimum absolute atomic E-state index is 0.0877. The Morgan fingerprint density at radius 2 is 2.12 bits per heavy atom. The molecule has 0 amide bonds. The first-order valence-corrected chi connectivity index (χ1v) is 9.25. The van der Waals surface area contributed by atoms with Crippen LogP contribution >= 0.6 is 11.3 Å². The Labute approximate surface area is 149 Å². The molecule has 2 heterocycles. The lowest BCUT2D eigenvalue weighted by Crippen LogP contribution is -2.42. The molecule has 0 spiro atoms. The van der Waals surface area contributed by atoms with Gasteiger partial charge in [0.15, 0.2) is 10.8 Å². The van der Waals surface area contributed by atoms with E-state index in [0.29, 0.717) is 35.2 Å². The van der Waals surface area contributed by atoms with Gasteiger partial charge in [-0.1, -0.05) is 6.42 Å². The summed E-state index contributed by atoms with van der Waals surface area (Å²) in [6, 6.07) is 0.774. The predicted octanol–water partition coefficient (Wildman–Crippen LogP) is 4.61. The lowest BCUT2D eigenvalue weighted by atomic mass is 9.91. The number of hydrogen-bond acceptors (Lipinski definition) is 6. The minimum atomic E-state index is -2.73. The topological polar surface area (TPSA) is 59.9 Å². The normalized spacial score (nSPS) is 21.1. The van der Waals surface area contributed by atoms with Crippen LogP contribution in [0.15, 0.2) is 11.4 Å². The van der Waals surface area contributed by atoms with Gasteiger partial charge >= 0.3 is 0 Å². The second-order valence-corrected chi connectivity index (χ2v) is 7.24. The number of aryl methyl sites for hydroxylation is 1. The van der Waals surface area contributed by atoms with E-state index < -0.39 is 12.0 Å². The molecule has 0 saturated heterocycles. The molecule has 1 saturated carbocycles. The third kappa shape index (κ3) is 4.12. The summed E-state index contributed by atoms with van der Waals surface area (Å²) in [5.41, 5.74) is 1.52. The molecular formula is C17H22F2N4OS. The molecule has 136 valence electrons. The van der Waals surface area contributed by atoms with Crippen molar-refractivity contribution < 1.29 is 13.5 Å². The average Bonchev–Trinajstić information content (AvgIpc) is 3.02. The Kier molecular flexibility index (Phi) is 5.29. The van der Waals surface area contributed by atoms with Gasteiger partial charge in [-0.2, -0.15) is 0 Å². The van der Waals surface area contributed by atoms with E-state index in [1.807, 2.05) is 19.2 Å². The fourth-order valence-corrected chi connectivity index (χ4v) is 3.60. The smallest absolute Gasteiger partial charge is 0.267 e. The van der Waals surface area contributed by atoms with Crippen molar-refractivity contribution in [1.29, 1.82) is 0 Å². The zero-order chi connectivity index (χ0) is 18.0. The second-order valence-electron chi connectivity index (χ2n) is 6.38. The van der Waals surface area contributed by atoms with Gasteiger partial charge in [0.25, 0.3) is 5.92 Å². The highest BCUT2D eigenvalue weighted by Crippen LogP contribution is 2.35. The fraction of sp³-hybridized carbons (Fsp3) is 0.588. The number of nitrogens with zero attached hydrogens (tertiary/aromatic N) is 3. The highest BCUT2D eigenvalue weighted by atomic mass is 32.1. The largest absolute Gasteiger partial charge is 0.375 e. The lowest BCUT2D eigenvalue weighted by molar-refractivity contribution is -0.0449. The maximum atomic E-state index is 14.2. The Balaban J connectivity index is 1.94. The van der Waals surface area contributed by atoms with Crippen LogP contribution in [0.3, 0.4) is 0 Å². The highest BCUT2D eigenvalue weighted by Gasteiger charge is 2.41. The van der Waals surface area contributed by atoms with Gasteiger partial charge in [-0.3, -0.25) is 0 Å². The van der Waals surface area contributed by atoms with Gasteiger partial charge in [-0.15, -0.1) is 11.3 Å². The molecule has 2 atom stereocenters.